The van der Waals surface area contributed by atoms with Crippen LogP contribution < -0.4 is 20.7 Å². The first kappa shape index (κ1) is 18.6. The van der Waals surface area contributed by atoms with Crippen LogP contribution in [-0.4, -0.2) is 21.3 Å². The molecule has 136 valence electrons. The van der Waals surface area contributed by atoms with Crippen molar-refractivity contribution in [3.63, 3.8) is 0 Å². The Morgan fingerprint density at radius 3 is 1.54 bits per heavy atom. The molecule has 0 bridgehead atoms. The van der Waals surface area contributed by atoms with Crippen molar-refractivity contribution >= 4 is 23.0 Å². The van der Waals surface area contributed by atoms with E-state index in [4.69, 9.17) is 13.8 Å². The molecule has 0 N–H and O–H groups in total. The Kier molecular flexibility index (Phi) is 5.15. The van der Waals surface area contributed by atoms with Crippen LogP contribution in [0.2, 0.25) is 0 Å². The molecule has 0 radical (unpaired) electrons. The van der Waals surface area contributed by atoms with E-state index in [0.29, 0.717) is 0 Å². The molecule has 4 heteroatoms. The second-order valence-electron chi connectivity index (χ2n) is 6.12. The van der Waals surface area contributed by atoms with Gasteiger partial charge in [-0.2, -0.15) is 0 Å². The number of rotatable bonds is 6. The van der Waals surface area contributed by atoms with E-state index in [2.05, 4.69) is 30.3 Å². The van der Waals surface area contributed by atoms with Gasteiger partial charge in [0.15, 0.2) is 0 Å². The third-order valence-corrected chi connectivity index (χ3v) is 10.1. The number of benzene rings is 3. The predicted octanol–water partition coefficient (Wildman–Crippen LogP) is 3.96. The topological polar surface area (TPSA) is 27.7 Å². The number of methoxy groups -OCH3 is 1. The zero-order chi connectivity index (χ0) is 18.6. The molecule has 0 saturated heterocycles. The normalized spacial score (nSPS) is 13.0. The molecule has 0 unspecified atom stereocenters. The Labute approximate surface area is 155 Å². The molecule has 26 heavy (non-hydrogen) atoms. The first-order valence-corrected chi connectivity index (χ1v) is 10.6. The van der Waals surface area contributed by atoms with Crippen molar-refractivity contribution < 1.29 is 13.8 Å². The van der Waals surface area contributed by atoms with Crippen molar-refractivity contribution in [3.05, 3.63) is 84.4 Å². The summed E-state index contributed by atoms with van der Waals surface area (Å²) < 4.78 is 18.7. The molecule has 3 rings (SSSR count). The summed E-state index contributed by atoms with van der Waals surface area (Å²) in [7, 11) is 1.49. The fourth-order valence-corrected chi connectivity index (χ4v) is 8.40. The van der Waals surface area contributed by atoms with Gasteiger partial charge in [0.1, 0.15) is 0 Å². The van der Waals surface area contributed by atoms with E-state index >= 15 is 0 Å². The van der Waals surface area contributed by atoms with Crippen molar-refractivity contribution in [2.45, 2.75) is 6.92 Å². The van der Waals surface area contributed by atoms with Gasteiger partial charge in [-0.1, -0.05) is 0 Å². The van der Waals surface area contributed by atoms with Crippen LogP contribution in [0, 0.1) is 6.92 Å². The van der Waals surface area contributed by atoms with Gasteiger partial charge in [0, 0.05) is 0 Å². The van der Waals surface area contributed by atoms with E-state index in [0.717, 1.165) is 27.2 Å². The van der Waals surface area contributed by atoms with Gasteiger partial charge in [-0.3, -0.25) is 0 Å². The Hall–Kier alpha value is -2.19. The summed E-state index contributed by atoms with van der Waals surface area (Å²) in [5.41, 5.74) is 1.04. The Morgan fingerprint density at radius 1 is 0.615 bits per heavy atom. The summed E-state index contributed by atoms with van der Waals surface area (Å²) in [6.45, 7) is 2.04. The number of hydrogen-bond donors (Lipinski definition) is 0. The molecule has 3 aromatic carbocycles. The van der Waals surface area contributed by atoms with E-state index in [1.807, 2.05) is 55.5 Å². The molecule has 0 fully saturated rings. The molecular weight excluding hydrogens is 343 g/mol. The molecule has 0 saturated carbocycles. The van der Waals surface area contributed by atoms with Gasteiger partial charge < -0.3 is 0 Å². The van der Waals surface area contributed by atoms with Gasteiger partial charge in [0.2, 0.25) is 0 Å². The van der Waals surface area contributed by atoms with Crippen LogP contribution in [-0.2, 0) is 9.05 Å². The van der Waals surface area contributed by atoms with Crippen molar-refractivity contribution in [1.29, 1.82) is 0 Å². The van der Waals surface area contributed by atoms with Gasteiger partial charge >= 0.3 is 155 Å². The van der Waals surface area contributed by atoms with Crippen LogP contribution in [0.25, 0.3) is 0 Å². The number of para-hydroxylation sites is 1. The number of ether oxygens (including phenoxy) is 1. The maximum atomic E-state index is 6.46. The minimum absolute atomic E-state index is 0.793. The van der Waals surface area contributed by atoms with Gasteiger partial charge in [-0.05, 0) is 0 Å². The predicted molar refractivity (Wildman–Crippen MR) is 110 cm³/mol. The fraction of sp³-hybridized carbons (Fsp3) is 0.182. The average molecular weight is 368 g/mol. The molecule has 0 aliphatic carbocycles. The van der Waals surface area contributed by atoms with Gasteiger partial charge in [-0.25, -0.2) is 0 Å². The quantitative estimate of drug-likeness (QED) is 0.617. The Morgan fingerprint density at radius 2 is 1.12 bits per heavy atom. The van der Waals surface area contributed by atoms with Crippen molar-refractivity contribution in [2.75, 3.05) is 21.3 Å². The van der Waals surface area contributed by atoms with E-state index < -0.39 is 7.06 Å². The summed E-state index contributed by atoms with van der Waals surface area (Å²) in [5.74, 6) is 0.793. The molecule has 0 spiro atoms. The number of aryl methyl sites for hydroxylation is 1. The number of hydrogen-bond acceptors (Lipinski definition) is 3. The minimum atomic E-state index is -3.65. The molecule has 0 aliphatic heterocycles. The summed E-state index contributed by atoms with van der Waals surface area (Å²) in [4.78, 5) is 0. The van der Waals surface area contributed by atoms with Crippen LogP contribution in [0.15, 0.2) is 78.9 Å². The zero-order valence-electron chi connectivity index (χ0n) is 15.7. The molecule has 0 aromatic heterocycles. The van der Waals surface area contributed by atoms with Crippen molar-refractivity contribution in [2.24, 2.45) is 0 Å². The molecule has 0 atom stereocenters. The first-order valence-electron chi connectivity index (χ1n) is 8.53. The zero-order valence-corrected chi connectivity index (χ0v) is 16.6. The van der Waals surface area contributed by atoms with Gasteiger partial charge in [-0.15, -0.1) is 0 Å². The van der Waals surface area contributed by atoms with E-state index in [1.54, 1.807) is 21.3 Å². The molecule has 3 aromatic rings. The van der Waals surface area contributed by atoms with Crippen LogP contribution in [0.5, 0.6) is 5.75 Å². The third-order valence-electron chi connectivity index (χ3n) is 4.98. The molecule has 3 nitrogen and oxygen atoms in total. The van der Waals surface area contributed by atoms with E-state index in [1.165, 1.54) is 0 Å². The summed E-state index contributed by atoms with van der Waals surface area (Å²) >= 11 is 0. The summed E-state index contributed by atoms with van der Waals surface area (Å²) in [6.07, 6.45) is 0. The van der Waals surface area contributed by atoms with Crippen molar-refractivity contribution in [1.82, 2.24) is 0 Å². The van der Waals surface area contributed by atoms with Gasteiger partial charge in [0.25, 0.3) is 0 Å². The van der Waals surface area contributed by atoms with Gasteiger partial charge in [0.05, 0.1) is 0 Å². The van der Waals surface area contributed by atoms with E-state index in [-0.39, 0.29) is 0 Å². The first-order chi connectivity index (χ1) is 12.6. The second-order valence-corrected chi connectivity index (χ2v) is 10.3. The SMILES string of the molecule is COc1c(C)cccc1P(OC)(OC)(c1ccccc1)c1ccccc1. The van der Waals surface area contributed by atoms with Crippen LogP contribution in [0.1, 0.15) is 5.56 Å². The fourth-order valence-electron chi connectivity index (χ4n) is 3.74. The Bertz CT molecular complexity index is 831. The molecule has 0 amide bonds. The summed E-state index contributed by atoms with van der Waals surface area (Å²) in [5, 5.41) is 2.93. The maximum absolute atomic E-state index is 6.46. The third kappa shape index (κ3) is 2.47. The molecule has 0 heterocycles. The van der Waals surface area contributed by atoms with Crippen molar-refractivity contribution in [3.8, 4) is 5.75 Å². The standard InChI is InChI=1S/C22H25O3P/c1-18-12-11-17-21(22(18)23-2)26(24-3,25-4,19-13-7-5-8-14-19)20-15-9-6-10-16-20/h5-17H,1-4H3. The van der Waals surface area contributed by atoms with Crippen LogP contribution in [0.3, 0.4) is 0 Å². The monoisotopic (exact) mass is 368 g/mol. The molecule has 0 aliphatic rings. The Balaban J connectivity index is 2.55. The van der Waals surface area contributed by atoms with Crippen LogP contribution >= 0.6 is 7.06 Å². The average Bonchev–Trinajstić information content (AvgIpc) is 2.72. The van der Waals surface area contributed by atoms with E-state index in [9.17, 15) is 0 Å². The second kappa shape index (κ2) is 7.20. The summed E-state index contributed by atoms with van der Waals surface area (Å²) in [6, 6.07) is 26.4. The molecular formula is C22H25O3P. The van der Waals surface area contributed by atoms with Crippen LogP contribution in [0.4, 0.5) is 0 Å².